The molecule has 3 nitrogen and oxygen atoms in total. The molecule has 1 saturated carbocycles. The van der Waals surface area contributed by atoms with Crippen molar-refractivity contribution in [3.8, 4) is 0 Å². The number of rotatable bonds is 5. The molecule has 24 heavy (non-hydrogen) atoms. The Bertz CT molecular complexity index is 863. The minimum absolute atomic E-state index is 0.0707. The van der Waals surface area contributed by atoms with E-state index in [2.05, 4.69) is 3.77 Å². The molecule has 2 aromatic rings. The van der Waals surface area contributed by atoms with Crippen LogP contribution in [0, 0.1) is 12.8 Å². The fraction of sp³-hybridized carbons (Fsp3) is 0.294. The summed E-state index contributed by atoms with van der Waals surface area (Å²) in [5.41, 5.74) is 1.00. The zero-order chi connectivity index (χ0) is 17.4. The van der Waals surface area contributed by atoms with Crippen molar-refractivity contribution in [2.45, 2.75) is 27.5 Å². The summed E-state index contributed by atoms with van der Waals surface area (Å²) in [6.45, 7) is 1.91. The van der Waals surface area contributed by atoms with E-state index in [-0.39, 0.29) is 10.8 Å². The lowest BCUT2D eigenvalue weighted by molar-refractivity contribution is 0.598. The second kappa shape index (κ2) is 6.79. The summed E-state index contributed by atoms with van der Waals surface area (Å²) in [4.78, 5) is 1.09. The van der Waals surface area contributed by atoms with Gasteiger partial charge in [-0.15, -0.1) is 27.0 Å². The predicted octanol–water partition coefficient (Wildman–Crippen LogP) is 4.74. The van der Waals surface area contributed by atoms with E-state index in [1.807, 2.05) is 37.3 Å². The molecule has 0 unspecified atom stereocenters. The third-order valence-corrected chi connectivity index (χ3v) is 8.67. The number of hydrogen-bond acceptors (Lipinski definition) is 2. The number of hydrogen-bond donors (Lipinski definition) is 0. The highest BCUT2D eigenvalue weighted by Crippen LogP contribution is 2.53. The van der Waals surface area contributed by atoms with Crippen molar-refractivity contribution in [1.82, 2.24) is 0 Å². The van der Waals surface area contributed by atoms with Gasteiger partial charge in [-0.05, 0) is 37.6 Å². The smallest absolute Gasteiger partial charge is 0.199 e. The zero-order valence-electron chi connectivity index (χ0n) is 13.0. The van der Waals surface area contributed by atoms with Gasteiger partial charge in [0.1, 0.15) is 4.33 Å². The molecule has 128 valence electrons. The first kappa shape index (κ1) is 17.9. The Balaban J connectivity index is 1.98. The van der Waals surface area contributed by atoms with Gasteiger partial charge in [0.25, 0.3) is 10.0 Å². The van der Waals surface area contributed by atoms with Crippen molar-refractivity contribution < 1.29 is 8.42 Å². The zero-order valence-corrected chi connectivity index (χ0v) is 16.2. The van der Waals surface area contributed by atoms with Crippen molar-refractivity contribution in [1.29, 1.82) is 0 Å². The minimum Gasteiger partial charge on any atom is -0.199 e. The van der Waals surface area contributed by atoms with E-state index in [0.717, 1.165) is 10.5 Å². The van der Waals surface area contributed by atoms with Crippen LogP contribution in [0.4, 0.5) is 0 Å². The highest BCUT2D eigenvalue weighted by atomic mass is 35.5. The molecule has 2 atom stereocenters. The molecular formula is C17H17Cl2NO2S2. The van der Waals surface area contributed by atoms with Crippen LogP contribution in [-0.2, 0) is 20.7 Å². The highest BCUT2D eigenvalue weighted by molar-refractivity contribution is 8.00. The monoisotopic (exact) mass is 401 g/mol. The van der Waals surface area contributed by atoms with E-state index >= 15 is 0 Å². The Labute approximate surface area is 155 Å². The molecule has 0 saturated heterocycles. The Kier molecular flexibility index (Phi) is 5.07. The van der Waals surface area contributed by atoms with Gasteiger partial charge in [-0.25, -0.2) is 0 Å². The summed E-state index contributed by atoms with van der Waals surface area (Å²) in [5, 5.41) is 0. The van der Waals surface area contributed by atoms with E-state index < -0.39 is 25.0 Å². The fourth-order valence-electron chi connectivity index (χ4n) is 2.26. The predicted molar refractivity (Wildman–Crippen MR) is 100 cm³/mol. The second-order valence-electron chi connectivity index (χ2n) is 5.87. The number of sulfonamides is 1. The summed E-state index contributed by atoms with van der Waals surface area (Å²) in [5.74, 6) is 0.614. The first-order valence-electron chi connectivity index (χ1n) is 7.46. The molecule has 0 radical (unpaired) electrons. The molecule has 3 rings (SSSR count). The number of benzene rings is 2. The van der Waals surface area contributed by atoms with Gasteiger partial charge in [-0.1, -0.05) is 46.6 Å². The molecule has 1 aliphatic carbocycles. The Morgan fingerprint density at radius 3 is 2.25 bits per heavy atom. The van der Waals surface area contributed by atoms with E-state index in [1.54, 1.807) is 24.3 Å². The third kappa shape index (κ3) is 4.20. The number of nitrogens with zero attached hydrogens (tertiary/aromatic N) is 1. The van der Waals surface area contributed by atoms with Crippen LogP contribution < -0.4 is 0 Å². The van der Waals surface area contributed by atoms with Crippen LogP contribution in [0.1, 0.15) is 12.0 Å². The molecule has 0 spiro atoms. The molecule has 0 N–H and O–H groups in total. The molecule has 0 heterocycles. The lowest BCUT2D eigenvalue weighted by Crippen LogP contribution is -2.08. The Hall–Kier alpha value is -0.880. The first-order valence-corrected chi connectivity index (χ1v) is 11.0. The summed E-state index contributed by atoms with van der Waals surface area (Å²) in [6, 6.07) is 16.2. The van der Waals surface area contributed by atoms with Crippen LogP contribution in [0.25, 0.3) is 0 Å². The molecule has 0 aromatic heterocycles. The van der Waals surface area contributed by atoms with Crippen molar-refractivity contribution >= 4 is 43.9 Å². The molecule has 2 aromatic carbocycles. The van der Waals surface area contributed by atoms with Crippen LogP contribution in [0.3, 0.4) is 0 Å². The molecule has 0 amide bonds. The van der Waals surface area contributed by atoms with E-state index in [9.17, 15) is 8.42 Å². The van der Waals surface area contributed by atoms with Gasteiger partial charge >= 0.3 is 0 Å². The number of aryl methyl sites for hydroxylation is 1. The topological polar surface area (TPSA) is 46.5 Å². The summed E-state index contributed by atoms with van der Waals surface area (Å²) in [7, 11) is -4.54. The minimum atomic E-state index is -3.73. The largest absolute Gasteiger partial charge is 0.288 e. The fourth-order valence-corrected chi connectivity index (χ4v) is 6.78. The molecule has 0 bridgehead atoms. The molecule has 1 fully saturated rings. The molecular weight excluding hydrogens is 385 g/mol. The van der Waals surface area contributed by atoms with Crippen molar-refractivity contribution in [3.05, 3.63) is 60.2 Å². The Morgan fingerprint density at radius 2 is 1.71 bits per heavy atom. The lowest BCUT2D eigenvalue weighted by Gasteiger charge is -2.09. The maximum Gasteiger partial charge on any atom is 0.288 e. The maximum absolute atomic E-state index is 12.7. The molecule has 1 aliphatic rings. The number of halogens is 2. The van der Waals surface area contributed by atoms with Crippen molar-refractivity contribution in [2.75, 3.05) is 5.75 Å². The van der Waals surface area contributed by atoms with Gasteiger partial charge in [0.15, 0.2) is 0 Å². The normalized spacial score (nSPS) is 20.7. The van der Waals surface area contributed by atoms with Gasteiger partial charge in [0.2, 0.25) is 0 Å². The van der Waals surface area contributed by atoms with Crippen molar-refractivity contribution in [2.24, 2.45) is 9.69 Å². The third-order valence-electron chi connectivity index (χ3n) is 3.84. The van der Waals surface area contributed by atoms with Crippen LogP contribution in [0.2, 0.25) is 0 Å². The summed E-state index contributed by atoms with van der Waals surface area (Å²) < 4.78 is 28.8. The van der Waals surface area contributed by atoms with Gasteiger partial charge < -0.3 is 0 Å². The molecule has 0 aliphatic heterocycles. The van der Waals surface area contributed by atoms with Gasteiger partial charge in [-0.2, -0.15) is 8.42 Å². The maximum atomic E-state index is 12.7. The highest BCUT2D eigenvalue weighted by Gasteiger charge is 2.51. The van der Waals surface area contributed by atoms with Crippen LogP contribution in [-0.4, -0.2) is 18.5 Å². The quantitative estimate of drug-likeness (QED) is 0.679. The molecule has 7 heteroatoms. The van der Waals surface area contributed by atoms with Crippen LogP contribution in [0.15, 0.2) is 68.2 Å². The number of alkyl halides is 2. The van der Waals surface area contributed by atoms with E-state index in [1.165, 1.54) is 0 Å². The summed E-state index contributed by atoms with van der Waals surface area (Å²) >= 11 is 12.2. The average Bonchev–Trinajstić information content (AvgIpc) is 3.14. The Morgan fingerprint density at radius 1 is 1.12 bits per heavy atom. The van der Waals surface area contributed by atoms with Crippen LogP contribution in [0.5, 0.6) is 0 Å². The first-order chi connectivity index (χ1) is 11.3. The second-order valence-corrected chi connectivity index (χ2v) is 11.0. The summed E-state index contributed by atoms with van der Waals surface area (Å²) in [6.07, 6.45) is 0.673. The van der Waals surface area contributed by atoms with Gasteiger partial charge in [0.05, 0.1) is 4.90 Å². The van der Waals surface area contributed by atoms with E-state index in [4.69, 9.17) is 23.2 Å². The van der Waals surface area contributed by atoms with Crippen LogP contribution >= 0.6 is 23.2 Å². The van der Waals surface area contributed by atoms with Gasteiger partial charge in [-0.3, -0.25) is 0 Å². The van der Waals surface area contributed by atoms with Gasteiger partial charge in [0, 0.05) is 16.6 Å². The SMILES string of the molecule is Cc1ccc(S(=O)(=O)N=[S@@](C[C@@H]2CC2(Cl)Cl)c2ccccc2)cc1. The average molecular weight is 402 g/mol. The van der Waals surface area contributed by atoms with E-state index in [0.29, 0.717) is 12.2 Å². The lowest BCUT2D eigenvalue weighted by atomic mass is 10.2. The standard InChI is InChI=1S/C17H17Cl2NO2S2/c1-13-7-9-16(10-8-13)24(21,22)20-23(12-14-11-17(14,18)19)15-5-3-2-4-6-15/h2-10,14H,11-12H2,1H3/t14-,23-/m0/s1. The van der Waals surface area contributed by atoms with Crippen molar-refractivity contribution in [3.63, 3.8) is 0 Å².